The van der Waals surface area contributed by atoms with Gasteiger partial charge in [0.25, 0.3) is 5.91 Å². The minimum absolute atomic E-state index is 0.183. The van der Waals surface area contributed by atoms with Crippen LogP contribution in [0.3, 0.4) is 0 Å². The van der Waals surface area contributed by atoms with E-state index >= 15 is 0 Å². The van der Waals surface area contributed by atoms with Crippen LogP contribution < -0.4 is 10.1 Å². The van der Waals surface area contributed by atoms with Gasteiger partial charge in [-0.1, -0.05) is 73.1 Å². The van der Waals surface area contributed by atoms with E-state index in [0.29, 0.717) is 17.2 Å². The second-order valence-electron chi connectivity index (χ2n) is 9.04. The molecule has 0 radical (unpaired) electrons. The van der Waals surface area contributed by atoms with E-state index in [-0.39, 0.29) is 25.0 Å². The molecule has 0 unspecified atom stereocenters. The van der Waals surface area contributed by atoms with Crippen molar-refractivity contribution >= 4 is 34.2 Å². The van der Waals surface area contributed by atoms with Crippen LogP contribution in [0.2, 0.25) is 5.02 Å². The molecule has 0 heterocycles. The Morgan fingerprint density at radius 1 is 1.00 bits per heavy atom. The maximum absolute atomic E-state index is 13.4. The van der Waals surface area contributed by atoms with Crippen LogP contribution >= 0.6 is 11.6 Å². The lowest BCUT2D eigenvalue weighted by molar-refractivity contribution is -0.143. The molecule has 0 bridgehead atoms. The van der Waals surface area contributed by atoms with Crippen molar-refractivity contribution in [2.45, 2.75) is 52.2 Å². The highest BCUT2D eigenvalue weighted by molar-refractivity contribution is 6.31. The van der Waals surface area contributed by atoms with E-state index in [2.05, 4.69) is 5.32 Å². The number of benzene rings is 3. The molecule has 6 heteroatoms. The summed E-state index contributed by atoms with van der Waals surface area (Å²) in [6.07, 6.45) is 0.465. The molecule has 0 fully saturated rings. The van der Waals surface area contributed by atoms with E-state index in [1.165, 1.54) is 0 Å². The Bertz CT molecular complexity index is 1120. The van der Waals surface area contributed by atoms with Gasteiger partial charge in [0.2, 0.25) is 5.91 Å². The summed E-state index contributed by atoms with van der Waals surface area (Å²) in [7, 11) is 0. The molecule has 0 aromatic heterocycles. The molecule has 0 saturated carbocycles. The highest BCUT2D eigenvalue weighted by Crippen LogP contribution is 2.26. The molecule has 2 amide bonds. The molecule has 0 aliphatic heterocycles. The third-order valence-electron chi connectivity index (χ3n) is 5.28. The summed E-state index contributed by atoms with van der Waals surface area (Å²) < 4.78 is 5.95. The quantitative estimate of drug-likeness (QED) is 0.470. The topological polar surface area (TPSA) is 58.6 Å². The number of rotatable bonds is 8. The van der Waals surface area contributed by atoms with Crippen molar-refractivity contribution in [3.8, 4) is 5.75 Å². The Hall–Kier alpha value is -3.05. The van der Waals surface area contributed by atoms with Gasteiger partial charge in [0.1, 0.15) is 11.8 Å². The first kappa shape index (κ1) is 24.6. The van der Waals surface area contributed by atoms with Crippen molar-refractivity contribution < 1.29 is 14.3 Å². The zero-order valence-corrected chi connectivity index (χ0v) is 20.4. The summed E-state index contributed by atoms with van der Waals surface area (Å²) in [5.41, 5.74) is 0.364. The van der Waals surface area contributed by atoms with Crippen LogP contribution in [0.4, 0.5) is 0 Å². The standard InChI is InChI=1S/C27H31ClN2O3/c1-5-23(26(32)29-27(2,3)4)30(17-20-12-7-9-15-22(20)28)25(31)18-33-24-16-10-13-19-11-6-8-14-21(19)24/h6-16,23H,5,17-18H2,1-4H3,(H,29,32)/t23-/m0/s1. The highest BCUT2D eigenvalue weighted by atomic mass is 35.5. The van der Waals surface area contributed by atoms with E-state index in [0.717, 1.165) is 16.3 Å². The predicted octanol–water partition coefficient (Wildman–Crippen LogP) is 5.59. The minimum Gasteiger partial charge on any atom is -0.483 e. The van der Waals surface area contributed by atoms with E-state index in [4.69, 9.17) is 16.3 Å². The van der Waals surface area contributed by atoms with Gasteiger partial charge in [-0.25, -0.2) is 0 Å². The Balaban J connectivity index is 1.86. The van der Waals surface area contributed by atoms with Crippen molar-refractivity contribution in [3.63, 3.8) is 0 Å². The molecule has 0 saturated heterocycles. The molecule has 1 atom stereocenters. The number of fused-ring (bicyclic) bond motifs is 1. The van der Waals surface area contributed by atoms with Gasteiger partial charge in [-0.15, -0.1) is 0 Å². The van der Waals surface area contributed by atoms with Gasteiger partial charge in [0.05, 0.1) is 0 Å². The lowest BCUT2D eigenvalue weighted by Gasteiger charge is -2.33. The first-order valence-corrected chi connectivity index (χ1v) is 11.5. The Kier molecular flexibility index (Phi) is 7.98. The molecule has 0 spiro atoms. The highest BCUT2D eigenvalue weighted by Gasteiger charge is 2.31. The van der Waals surface area contributed by atoms with Crippen LogP contribution in [0.15, 0.2) is 66.7 Å². The van der Waals surface area contributed by atoms with Crippen molar-refractivity contribution in [2.24, 2.45) is 0 Å². The molecular weight excluding hydrogens is 436 g/mol. The van der Waals surface area contributed by atoms with Crippen molar-refractivity contribution in [3.05, 3.63) is 77.3 Å². The Morgan fingerprint density at radius 2 is 1.67 bits per heavy atom. The van der Waals surface area contributed by atoms with Gasteiger partial charge in [0, 0.05) is 22.5 Å². The van der Waals surface area contributed by atoms with Crippen LogP contribution in [-0.4, -0.2) is 34.9 Å². The molecule has 174 valence electrons. The molecule has 5 nitrogen and oxygen atoms in total. The Morgan fingerprint density at radius 3 is 2.36 bits per heavy atom. The zero-order chi connectivity index (χ0) is 24.0. The molecule has 33 heavy (non-hydrogen) atoms. The summed E-state index contributed by atoms with van der Waals surface area (Å²) in [6.45, 7) is 7.68. The zero-order valence-electron chi connectivity index (χ0n) is 19.6. The average molecular weight is 467 g/mol. The minimum atomic E-state index is -0.649. The van der Waals surface area contributed by atoms with Gasteiger partial charge in [0.15, 0.2) is 6.61 Å². The fraction of sp³-hybridized carbons (Fsp3) is 0.333. The second-order valence-corrected chi connectivity index (χ2v) is 9.45. The lowest BCUT2D eigenvalue weighted by atomic mass is 10.1. The fourth-order valence-electron chi connectivity index (χ4n) is 3.73. The summed E-state index contributed by atoms with van der Waals surface area (Å²) in [5, 5.41) is 5.52. The number of halogens is 1. The molecule has 0 aliphatic carbocycles. The summed E-state index contributed by atoms with van der Waals surface area (Å²) in [4.78, 5) is 28.1. The number of carbonyl (C=O) groups is 2. The normalized spacial score (nSPS) is 12.3. The summed E-state index contributed by atoms with van der Waals surface area (Å²) in [5.74, 6) is 0.153. The van der Waals surface area contributed by atoms with Crippen molar-refractivity contribution in [1.29, 1.82) is 0 Å². The van der Waals surface area contributed by atoms with E-state index in [1.54, 1.807) is 11.0 Å². The van der Waals surface area contributed by atoms with E-state index in [1.807, 2.05) is 88.4 Å². The van der Waals surface area contributed by atoms with Crippen LogP contribution in [0.5, 0.6) is 5.75 Å². The number of amides is 2. The summed E-state index contributed by atoms with van der Waals surface area (Å²) >= 11 is 6.38. The number of hydrogen-bond acceptors (Lipinski definition) is 3. The van der Waals surface area contributed by atoms with Gasteiger partial charge < -0.3 is 15.0 Å². The number of carbonyl (C=O) groups excluding carboxylic acids is 2. The maximum atomic E-state index is 13.4. The third-order valence-corrected chi connectivity index (χ3v) is 5.65. The average Bonchev–Trinajstić information content (AvgIpc) is 2.77. The Labute approximate surface area is 200 Å². The molecule has 1 N–H and O–H groups in total. The van der Waals surface area contributed by atoms with Gasteiger partial charge in [-0.3, -0.25) is 9.59 Å². The van der Waals surface area contributed by atoms with Gasteiger partial charge in [-0.05, 0) is 50.3 Å². The first-order chi connectivity index (χ1) is 15.7. The SMILES string of the molecule is CC[C@@H](C(=O)NC(C)(C)C)N(Cc1ccccc1Cl)C(=O)COc1cccc2ccccc12. The number of nitrogens with zero attached hydrogens (tertiary/aromatic N) is 1. The monoisotopic (exact) mass is 466 g/mol. The smallest absolute Gasteiger partial charge is 0.261 e. The summed E-state index contributed by atoms with van der Waals surface area (Å²) in [6, 6.07) is 20.3. The predicted molar refractivity (Wildman–Crippen MR) is 133 cm³/mol. The third kappa shape index (κ3) is 6.48. The van der Waals surface area contributed by atoms with Crippen LogP contribution in [0, 0.1) is 0 Å². The van der Waals surface area contributed by atoms with Gasteiger partial charge >= 0.3 is 0 Å². The van der Waals surface area contributed by atoms with E-state index < -0.39 is 11.6 Å². The van der Waals surface area contributed by atoms with Crippen molar-refractivity contribution in [1.82, 2.24) is 10.2 Å². The van der Waals surface area contributed by atoms with Crippen molar-refractivity contribution in [2.75, 3.05) is 6.61 Å². The molecule has 3 aromatic rings. The lowest BCUT2D eigenvalue weighted by Crippen LogP contribution is -2.54. The first-order valence-electron chi connectivity index (χ1n) is 11.1. The molecule has 3 aromatic carbocycles. The van der Waals surface area contributed by atoms with Crippen LogP contribution in [0.1, 0.15) is 39.7 Å². The van der Waals surface area contributed by atoms with E-state index in [9.17, 15) is 9.59 Å². The number of ether oxygens (including phenoxy) is 1. The van der Waals surface area contributed by atoms with Crippen LogP contribution in [-0.2, 0) is 16.1 Å². The molecular formula is C27H31ClN2O3. The molecule has 0 aliphatic rings. The molecule has 3 rings (SSSR count). The fourth-order valence-corrected chi connectivity index (χ4v) is 3.92. The largest absolute Gasteiger partial charge is 0.483 e. The van der Waals surface area contributed by atoms with Crippen LogP contribution in [0.25, 0.3) is 10.8 Å². The van der Waals surface area contributed by atoms with Gasteiger partial charge in [-0.2, -0.15) is 0 Å². The number of hydrogen-bond donors (Lipinski definition) is 1. The second kappa shape index (κ2) is 10.7. The maximum Gasteiger partial charge on any atom is 0.261 e. The number of nitrogens with one attached hydrogen (secondary N) is 1.